The molecule has 0 bridgehead atoms. The third-order valence-electron chi connectivity index (χ3n) is 1.36. The first kappa shape index (κ1) is 9.73. The number of methoxy groups -OCH3 is 1. The number of esters is 1. The van der Waals surface area contributed by atoms with Gasteiger partial charge in [-0.1, -0.05) is 11.6 Å². The van der Waals surface area contributed by atoms with Crippen LogP contribution in [0.4, 0.5) is 10.2 Å². The minimum Gasteiger partial charge on any atom is -0.465 e. The standard InChI is InChI=1S/C7H6ClFN2O2/c1-13-7(12)3-2-4(9)6(10)11-5(3)8/h2H,1H3,(H2,10,11). The second-order valence-electron chi connectivity index (χ2n) is 2.19. The number of nitrogen functional groups attached to an aromatic ring is 1. The summed E-state index contributed by atoms with van der Waals surface area (Å²) in [5, 5.41) is -0.175. The zero-order chi connectivity index (χ0) is 10.0. The number of pyridine rings is 1. The van der Waals surface area contributed by atoms with Gasteiger partial charge >= 0.3 is 5.97 Å². The van der Waals surface area contributed by atoms with Gasteiger partial charge in [-0.15, -0.1) is 0 Å². The van der Waals surface area contributed by atoms with Crippen LogP contribution in [0.25, 0.3) is 0 Å². The Bertz CT molecular complexity index is 357. The van der Waals surface area contributed by atoms with E-state index >= 15 is 0 Å². The van der Waals surface area contributed by atoms with Gasteiger partial charge in [-0.05, 0) is 6.07 Å². The summed E-state index contributed by atoms with van der Waals surface area (Å²) in [6, 6.07) is 0.885. The summed E-state index contributed by atoms with van der Waals surface area (Å²) in [6.07, 6.45) is 0. The van der Waals surface area contributed by atoms with Gasteiger partial charge in [0.15, 0.2) is 11.6 Å². The van der Waals surface area contributed by atoms with Gasteiger partial charge in [0.05, 0.1) is 7.11 Å². The lowest BCUT2D eigenvalue weighted by Gasteiger charge is -2.02. The van der Waals surface area contributed by atoms with Crippen molar-refractivity contribution in [2.45, 2.75) is 0 Å². The Morgan fingerprint density at radius 3 is 2.92 bits per heavy atom. The highest BCUT2D eigenvalue weighted by atomic mass is 35.5. The maximum atomic E-state index is 12.8. The number of hydrogen-bond acceptors (Lipinski definition) is 4. The molecule has 2 N–H and O–H groups in total. The number of nitrogens with zero attached hydrogens (tertiary/aromatic N) is 1. The van der Waals surface area contributed by atoms with Gasteiger partial charge in [-0.2, -0.15) is 0 Å². The Morgan fingerprint density at radius 2 is 2.38 bits per heavy atom. The first-order chi connectivity index (χ1) is 6.06. The molecule has 0 aliphatic heterocycles. The van der Waals surface area contributed by atoms with Gasteiger partial charge in [0, 0.05) is 0 Å². The van der Waals surface area contributed by atoms with Gasteiger partial charge < -0.3 is 10.5 Å². The Labute approximate surface area is 78.5 Å². The molecule has 0 unspecified atom stereocenters. The third-order valence-corrected chi connectivity index (χ3v) is 1.65. The number of rotatable bonds is 1. The largest absolute Gasteiger partial charge is 0.465 e. The van der Waals surface area contributed by atoms with Crippen LogP contribution in [0.15, 0.2) is 6.07 Å². The molecule has 0 aromatic carbocycles. The minimum atomic E-state index is -0.801. The van der Waals surface area contributed by atoms with Crippen molar-refractivity contribution in [2.24, 2.45) is 0 Å². The topological polar surface area (TPSA) is 65.2 Å². The van der Waals surface area contributed by atoms with Crippen molar-refractivity contribution in [3.05, 3.63) is 22.6 Å². The molecule has 1 aromatic heterocycles. The second kappa shape index (κ2) is 3.57. The lowest BCUT2D eigenvalue weighted by Crippen LogP contribution is -2.06. The maximum absolute atomic E-state index is 12.8. The number of ether oxygens (including phenoxy) is 1. The summed E-state index contributed by atoms with van der Waals surface area (Å²) in [4.78, 5) is 14.4. The molecule has 4 nitrogen and oxygen atoms in total. The number of halogens is 2. The zero-order valence-electron chi connectivity index (χ0n) is 6.67. The molecular weight excluding hydrogens is 199 g/mol. The Morgan fingerprint density at radius 1 is 1.77 bits per heavy atom. The molecule has 1 heterocycles. The van der Waals surface area contributed by atoms with Crippen molar-refractivity contribution in [3.8, 4) is 0 Å². The lowest BCUT2D eigenvalue weighted by atomic mass is 10.3. The van der Waals surface area contributed by atoms with Gasteiger partial charge in [-0.3, -0.25) is 0 Å². The predicted molar refractivity (Wildman–Crippen MR) is 45.0 cm³/mol. The van der Waals surface area contributed by atoms with E-state index in [1.165, 1.54) is 0 Å². The van der Waals surface area contributed by atoms with Crippen LogP contribution in [-0.4, -0.2) is 18.1 Å². The van der Waals surface area contributed by atoms with Gasteiger partial charge in [-0.25, -0.2) is 14.2 Å². The molecule has 13 heavy (non-hydrogen) atoms. The SMILES string of the molecule is COC(=O)c1cc(F)c(N)nc1Cl. The van der Waals surface area contributed by atoms with Crippen LogP contribution in [-0.2, 0) is 4.74 Å². The second-order valence-corrected chi connectivity index (χ2v) is 2.54. The maximum Gasteiger partial charge on any atom is 0.341 e. The fraction of sp³-hybridized carbons (Fsp3) is 0.143. The van der Waals surface area contributed by atoms with Crippen LogP contribution < -0.4 is 5.73 Å². The lowest BCUT2D eigenvalue weighted by molar-refractivity contribution is 0.0600. The van der Waals surface area contributed by atoms with Gasteiger partial charge in [0.25, 0.3) is 0 Å². The molecule has 0 aliphatic rings. The van der Waals surface area contributed by atoms with E-state index in [9.17, 15) is 9.18 Å². The number of aromatic nitrogens is 1. The molecule has 0 atom stereocenters. The first-order valence-electron chi connectivity index (χ1n) is 3.26. The quantitative estimate of drug-likeness (QED) is 0.552. The number of carbonyl (C=O) groups excluding carboxylic acids is 1. The highest BCUT2D eigenvalue weighted by molar-refractivity contribution is 6.32. The molecule has 0 aliphatic carbocycles. The highest BCUT2D eigenvalue weighted by Crippen LogP contribution is 2.18. The Balaban J connectivity index is 3.23. The van der Waals surface area contributed by atoms with Crippen molar-refractivity contribution >= 4 is 23.4 Å². The van der Waals surface area contributed by atoms with Crippen LogP contribution in [0.5, 0.6) is 0 Å². The predicted octanol–water partition coefficient (Wildman–Crippen LogP) is 1.24. The number of hydrogen-bond donors (Lipinski definition) is 1. The number of carbonyl (C=O) groups is 1. The average molecular weight is 205 g/mol. The van der Waals surface area contributed by atoms with Crippen LogP contribution >= 0.6 is 11.6 Å². The molecule has 0 radical (unpaired) electrons. The summed E-state index contributed by atoms with van der Waals surface area (Å²) in [6.45, 7) is 0. The Hall–Kier alpha value is -1.36. The fourth-order valence-electron chi connectivity index (χ4n) is 0.733. The van der Waals surface area contributed by atoms with E-state index in [2.05, 4.69) is 9.72 Å². The van der Waals surface area contributed by atoms with E-state index < -0.39 is 11.8 Å². The third kappa shape index (κ3) is 1.86. The van der Waals surface area contributed by atoms with Crippen molar-refractivity contribution in [2.75, 3.05) is 12.8 Å². The molecule has 1 rings (SSSR count). The summed E-state index contributed by atoms with van der Waals surface area (Å²) >= 11 is 5.52. The minimum absolute atomic E-state index is 0.143. The average Bonchev–Trinajstić information content (AvgIpc) is 2.10. The van der Waals surface area contributed by atoms with Crippen molar-refractivity contribution in [1.82, 2.24) is 4.98 Å². The first-order valence-corrected chi connectivity index (χ1v) is 3.64. The summed E-state index contributed by atoms with van der Waals surface area (Å²) in [7, 11) is 1.16. The fourth-order valence-corrected chi connectivity index (χ4v) is 0.955. The van der Waals surface area contributed by atoms with E-state index in [1.54, 1.807) is 0 Å². The van der Waals surface area contributed by atoms with E-state index in [0.717, 1.165) is 13.2 Å². The molecule has 0 spiro atoms. The van der Waals surface area contributed by atoms with E-state index in [4.69, 9.17) is 17.3 Å². The molecule has 6 heteroatoms. The smallest absolute Gasteiger partial charge is 0.341 e. The van der Waals surface area contributed by atoms with E-state index in [0.29, 0.717) is 0 Å². The zero-order valence-corrected chi connectivity index (χ0v) is 7.43. The van der Waals surface area contributed by atoms with Gasteiger partial charge in [0.2, 0.25) is 0 Å². The van der Waals surface area contributed by atoms with Crippen LogP contribution in [0.1, 0.15) is 10.4 Å². The van der Waals surface area contributed by atoms with Crippen LogP contribution in [0, 0.1) is 5.82 Å². The molecule has 0 saturated heterocycles. The molecule has 0 amide bonds. The van der Waals surface area contributed by atoms with Crippen LogP contribution in [0.3, 0.4) is 0 Å². The van der Waals surface area contributed by atoms with E-state index in [1.807, 2.05) is 0 Å². The Kier molecular flexibility index (Phi) is 2.67. The molecule has 0 saturated carbocycles. The van der Waals surface area contributed by atoms with Crippen molar-refractivity contribution < 1.29 is 13.9 Å². The van der Waals surface area contributed by atoms with Gasteiger partial charge in [0.1, 0.15) is 10.7 Å². The highest BCUT2D eigenvalue weighted by Gasteiger charge is 2.15. The van der Waals surface area contributed by atoms with Crippen molar-refractivity contribution in [3.63, 3.8) is 0 Å². The van der Waals surface area contributed by atoms with Crippen LogP contribution in [0.2, 0.25) is 5.15 Å². The summed E-state index contributed by atoms with van der Waals surface area (Å²) in [5.74, 6) is -1.90. The summed E-state index contributed by atoms with van der Waals surface area (Å²) in [5.41, 5.74) is 4.97. The number of anilines is 1. The molecule has 0 fully saturated rings. The van der Waals surface area contributed by atoms with Crippen molar-refractivity contribution in [1.29, 1.82) is 0 Å². The number of nitrogens with two attached hydrogens (primary N) is 1. The molecule has 1 aromatic rings. The molecular formula is C7H6ClFN2O2. The summed E-state index contributed by atoms with van der Waals surface area (Å²) < 4.78 is 17.1. The normalized spacial score (nSPS) is 9.77. The van der Waals surface area contributed by atoms with E-state index in [-0.39, 0.29) is 16.5 Å². The monoisotopic (exact) mass is 204 g/mol. The molecule has 70 valence electrons.